The lowest BCUT2D eigenvalue weighted by Gasteiger charge is -2.09. The number of allylic oxidation sites excluding steroid dienone is 1. The van der Waals surface area contributed by atoms with E-state index in [9.17, 15) is 10.1 Å². The third-order valence-corrected chi connectivity index (χ3v) is 3.01. The average molecular weight is 271 g/mol. The minimum Gasteiger partial charge on any atom is -0.381 e. The highest BCUT2D eigenvalue weighted by molar-refractivity contribution is 5.99. The van der Waals surface area contributed by atoms with Crippen molar-refractivity contribution >= 4 is 22.1 Å². The molecular weight excluding hydrogens is 254 g/mol. The number of nitro benzene ring substituents is 1. The Balaban J connectivity index is 2.50. The van der Waals surface area contributed by atoms with E-state index in [4.69, 9.17) is 0 Å². The van der Waals surface area contributed by atoms with Gasteiger partial charge < -0.3 is 5.32 Å². The van der Waals surface area contributed by atoms with Crippen LogP contribution in [-0.4, -0.2) is 16.5 Å². The molecule has 0 saturated carbocycles. The number of nitro groups is 1. The number of fused-ring (bicyclic) bond motifs is 1. The van der Waals surface area contributed by atoms with Crippen molar-refractivity contribution < 1.29 is 4.92 Å². The Morgan fingerprint density at radius 3 is 2.80 bits per heavy atom. The van der Waals surface area contributed by atoms with Crippen LogP contribution < -0.4 is 5.32 Å². The fraction of sp³-hybridized carbons (Fsp3) is 0.267. The number of hydrogen-bond acceptors (Lipinski definition) is 4. The summed E-state index contributed by atoms with van der Waals surface area (Å²) in [6.45, 7) is 6.63. The molecule has 104 valence electrons. The van der Waals surface area contributed by atoms with Gasteiger partial charge in [0.1, 0.15) is 0 Å². The van der Waals surface area contributed by atoms with Crippen LogP contribution in [0, 0.1) is 17.0 Å². The first-order chi connectivity index (χ1) is 9.49. The van der Waals surface area contributed by atoms with Gasteiger partial charge in [-0.3, -0.25) is 15.1 Å². The molecule has 5 heteroatoms. The maximum atomic E-state index is 11.1. The van der Waals surface area contributed by atoms with Crippen LogP contribution in [0.25, 0.3) is 10.8 Å². The van der Waals surface area contributed by atoms with Crippen molar-refractivity contribution in [3.8, 4) is 0 Å². The molecule has 0 amide bonds. The molecule has 1 heterocycles. The van der Waals surface area contributed by atoms with Crippen LogP contribution in [0.4, 0.5) is 11.4 Å². The van der Waals surface area contributed by atoms with Crippen molar-refractivity contribution in [2.45, 2.75) is 20.8 Å². The van der Waals surface area contributed by atoms with Crippen LogP contribution in [-0.2, 0) is 0 Å². The summed E-state index contributed by atoms with van der Waals surface area (Å²) in [7, 11) is 0. The van der Waals surface area contributed by atoms with Gasteiger partial charge in [-0.15, -0.1) is 0 Å². The maximum Gasteiger partial charge on any atom is 0.278 e. The summed E-state index contributed by atoms with van der Waals surface area (Å²) in [5.41, 5.74) is 3.03. The molecular formula is C15H17N3O2. The molecule has 1 N–H and O–H groups in total. The van der Waals surface area contributed by atoms with E-state index in [0.29, 0.717) is 11.9 Å². The van der Waals surface area contributed by atoms with E-state index in [1.165, 1.54) is 11.6 Å². The van der Waals surface area contributed by atoms with E-state index in [1.54, 1.807) is 12.3 Å². The van der Waals surface area contributed by atoms with Crippen molar-refractivity contribution in [3.05, 3.63) is 51.9 Å². The van der Waals surface area contributed by atoms with Crippen LogP contribution in [0.15, 0.2) is 36.0 Å². The summed E-state index contributed by atoms with van der Waals surface area (Å²) in [4.78, 5) is 14.8. The molecule has 5 nitrogen and oxygen atoms in total. The van der Waals surface area contributed by atoms with Gasteiger partial charge in [0.25, 0.3) is 5.69 Å². The van der Waals surface area contributed by atoms with Crippen molar-refractivity contribution in [2.75, 3.05) is 11.9 Å². The molecule has 20 heavy (non-hydrogen) atoms. The number of pyridine rings is 1. The van der Waals surface area contributed by atoms with Gasteiger partial charge in [-0.1, -0.05) is 11.6 Å². The molecule has 0 saturated heterocycles. The smallest absolute Gasteiger partial charge is 0.278 e. The highest BCUT2D eigenvalue weighted by Gasteiger charge is 2.14. The summed E-state index contributed by atoms with van der Waals surface area (Å²) in [6, 6.07) is 5.14. The largest absolute Gasteiger partial charge is 0.381 e. The number of aromatic nitrogens is 1. The molecule has 0 spiro atoms. The molecule has 0 atom stereocenters. The highest BCUT2D eigenvalue weighted by atomic mass is 16.6. The molecule has 0 aliphatic rings. The number of non-ortho nitro benzene ring substituents is 1. The first-order valence-electron chi connectivity index (χ1n) is 6.40. The summed E-state index contributed by atoms with van der Waals surface area (Å²) in [5, 5.41) is 15.7. The standard InChI is InChI=1S/C15H17N3O2/c1-10(2)6-7-16-14-4-5-15(18(19)20)13-9-17-11(3)8-12(13)14/h4-6,8-9,16H,7H2,1-3H3. The van der Waals surface area contributed by atoms with Crippen LogP contribution >= 0.6 is 0 Å². The minimum atomic E-state index is -0.376. The molecule has 2 rings (SSSR count). The normalized spacial score (nSPS) is 10.3. The second-order valence-electron chi connectivity index (χ2n) is 4.92. The number of benzene rings is 1. The van der Waals surface area contributed by atoms with E-state index in [0.717, 1.165) is 16.8 Å². The Morgan fingerprint density at radius 1 is 1.40 bits per heavy atom. The van der Waals surface area contributed by atoms with Gasteiger partial charge in [-0.25, -0.2) is 0 Å². The molecule has 0 bridgehead atoms. The monoisotopic (exact) mass is 271 g/mol. The molecule has 0 unspecified atom stereocenters. The van der Waals surface area contributed by atoms with Gasteiger partial charge in [-0.05, 0) is 32.9 Å². The zero-order chi connectivity index (χ0) is 14.7. The number of aryl methyl sites for hydroxylation is 1. The van der Waals surface area contributed by atoms with Crippen molar-refractivity contribution in [1.29, 1.82) is 0 Å². The Kier molecular flexibility index (Phi) is 3.98. The lowest BCUT2D eigenvalue weighted by atomic mass is 10.1. The molecule has 0 radical (unpaired) electrons. The third kappa shape index (κ3) is 2.93. The minimum absolute atomic E-state index is 0.0836. The van der Waals surface area contributed by atoms with E-state index in [1.807, 2.05) is 26.8 Å². The average Bonchev–Trinajstić information content (AvgIpc) is 2.38. The number of nitrogens with zero attached hydrogens (tertiary/aromatic N) is 2. The molecule has 1 aromatic carbocycles. The summed E-state index contributed by atoms with van der Waals surface area (Å²) in [6.07, 6.45) is 3.64. The zero-order valence-electron chi connectivity index (χ0n) is 11.8. The summed E-state index contributed by atoms with van der Waals surface area (Å²) < 4.78 is 0. The Bertz CT molecular complexity index is 689. The second kappa shape index (κ2) is 5.69. The number of hydrogen-bond donors (Lipinski definition) is 1. The van der Waals surface area contributed by atoms with Crippen LogP contribution in [0.3, 0.4) is 0 Å². The molecule has 1 aromatic heterocycles. The number of anilines is 1. The van der Waals surface area contributed by atoms with Gasteiger partial charge in [0.15, 0.2) is 0 Å². The van der Waals surface area contributed by atoms with Crippen molar-refractivity contribution in [2.24, 2.45) is 0 Å². The number of nitrogens with one attached hydrogen (secondary N) is 1. The SMILES string of the molecule is CC(C)=CCNc1ccc([N+](=O)[O-])c2cnc(C)cc12. The van der Waals surface area contributed by atoms with Crippen LogP contribution in [0.5, 0.6) is 0 Å². The molecule has 0 aliphatic carbocycles. The molecule has 2 aromatic rings. The third-order valence-electron chi connectivity index (χ3n) is 3.01. The van der Waals surface area contributed by atoms with Crippen molar-refractivity contribution in [1.82, 2.24) is 4.98 Å². The Morgan fingerprint density at radius 2 is 2.15 bits per heavy atom. The number of rotatable bonds is 4. The van der Waals surface area contributed by atoms with Gasteiger partial charge in [0, 0.05) is 35.6 Å². The molecule has 0 aliphatic heterocycles. The summed E-state index contributed by atoms with van der Waals surface area (Å²) in [5.74, 6) is 0. The second-order valence-corrected chi connectivity index (χ2v) is 4.92. The van der Waals surface area contributed by atoms with E-state index < -0.39 is 0 Å². The Hall–Kier alpha value is -2.43. The summed E-state index contributed by atoms with van der Waals surface area (Å²) >= 11 is 0. The van der Waals surface area contributed by atoms with E-state index in [2.05, 4.69) is 16.4 Å². The Labute approximate surface area is 117 Å². The van der Waals surface area contributed by atoms with Crippen LogP contribution in [0.2, 0.25) is 0 Å². The predicted octanol–water partition coefficient (Wildman–Crippen LogP) is 3.83. The first kappa shape index (κ1) is 14.0. The van der Waals surface area contributed by atoms with Crippen molar-refractivity contribution in [3.63, 3.8) is 0 Å². The predicted molar refractivity (Wildman–Crippen MR) is 81.1 cm³/mol. The topological polar surface area (TPSA) is 68.1 Å². The van der Waals surface area contributed by atoms with Gasteiger partial charge in [0.2, 0.25) is 0 Å². The van der Waals surface area contributed by atoms with Gasteiger partial charge in [0.05, 0.1) is 10.3 Å². The fourth-order valence-electron chi connectivity index (χ4n) is 2.01. The quantitative estimate of drug-likeness (QED) is 0.521. The molecule has 0 fully saturated rings. The lowest BCUT2D eigenvalue weighted by Crippen LogP contribution is -2.01. The highest BCUT2D eigenvalue weighted by Crippen LogP contribution is 2.31. The van der Waals surface area contributed by atoms with Crippen LogP contribution in [0.1, 0.15) is 19.5 Å². The first-order valence-corrected chi connectivity index (χ1v) is 6.40. The van der Waals surface area contributed by atoms with E-state index in [-0.39, 0.29) is 10.6 Å². The van der Waals surface area contributed by atoms with E-state index >= 15 is 0 Å². The maximum absolute atomic E-state index is 11.1. The lowest BCUT2D eigenvalue weighted by molar-refractivity contribution is -0.383. The van der Waals surface area contributed by atoms with Gasteiger partial charge >= 0.3 is 0 Å². The zero-order valence-corrected chi connectivity index (χ0v) is 11.8. The van der Waals surface area contributed by atoms with Gasteiger partial charge in [-0.2, -0.15) is 0 Å². The fourth-order valence-corrected chi connectivity index (χ4v) is 2.01.